The molecule has 0 aromatic heterocycles. The van der Waals surface area contributed by atoms with Gasteiger partial charge in [-0.15, -0.1) is 0 Å². The highest BCUT2D eigenvalue weighted by Crippen LogP contribution is 2.11. The predicted molar refractivity (Wildman–Crippen MR) is 56.1 cm³/mol. The van der Waals surface area contributed by atoms with Crippen LogP contribution in [0.5, 0.6) is 5.75 Å². The lowest BCUT2D eigenvalue weighted by Crippen LogP contribution is -2.31. The quantitative estimate of drug-likeness (QED) is 0.759. The van der Waals surface area contributed by atoms with Gasteiger partial charge in [0.05, 0.1) is 6.61 Å². The van der Waals surface area contributed by atoms with Crippen LogP contribution in [-0.2, 0) is 6.54 Å². The highest BCUT2D eigenvalue weighted by atomic mass is 16.3. The lowest BCUT2D eigenvalue weighted by atomic mass is 10.2. The molecule has 0 aliphatic carbocycles. The first-order valence-corrected chi connectivity index (χ1v) is 4.72. The molecule has 0 bridgehead atoms. The van der Waals surface area contributed by atoms with Gasteiger partial charge in [0.1, 0.15) is 5.75 Å². The highest BCUT2D eigenvalue weighted by Gasteiger charge is 2.07. The summed E-state index contributed by atoms with van der Waals surface area (Å²) in [5, 5.41) is 18.0. The number of phenolic OH excluding ortho intramolecular Hbond substituents is 1. The van der Waals surface area contributed by atoms with Crippen LogP contribution in [0.2, 0.25) is 0 Å². The van der Waals surface area contributed by atoms with Crippen molar-refractivity contribution in [2.75, 3.05) is 13.7 Å². The summed E-state index contributed by atoms with van der Waals surface area (Å²) in [6.07, 6.45) is 0. The molecule has 1 atom stereocenters. The summed E-state index contributed by atoms with van der Waals surface area (Å²) in [7, 11) is 1.97. The largest absolute Gasteiger partial charge is 0.508 e. The Morgan fingerprint density at radius 2 is 1.86 bits per heavy atom. The average Bonchev–Trinajstić information content (AvgIpc) is 2.20. The minimum absolute atomic E-state index is 0.156. The van der Waals surface area contributed by atoms with E-state index >= 15 is 0 Å². The van der Waals surface area contributed by atoms with Gasteiger partial charge < -0.3 is 10.2 Å². The van der Waals surface area contributed by atoms with Crippen LogP contribution in [0.4, 0.5) is 0 Å². The van der Waals surface area contributed by atoms with Gasteiger partial charge in [0.15, 0.2) is 0 Å². The molecular weight excluding hydrogens is 178 g/mol. The zero-order valence-corrected chi connectivity index (χ0v) is 8.64. The minimum Gasteiger partial charge on any atom is -0.508 e. The van der Waals surface area contributed by atoms with Gasteiger partial charge in [0, 0.05) is 12.6 Å². The normalized spacial score (nSPS) is 13.1. The van der Waals surface area contributed by atoms with Crippen LogP contribution in [0.1, 0.15) is 12.5 Å². The van der Waals surface area contributed by atoms with E-state index in [9.17, 15) is 0 Å². The summed E-state index contributed by atoms with van der Waals surface area (Å²) in [6, 6.07) is 7.27. The van der Waals surface area contributed by atoms with Crippen molar-refractivity contribution >= 4 is 0 Å². The molecular formula is C11H17NO2. The number of hydrogen-bond acceptors (Lipinski definition) is 3. The molecule has 0 heterocycles. The van der Waals surface area contributed by atoms with Gasteiger partial charge in [-0.25, -0.2) is 0 Å². The molecule has 0 aliphatic heterocycles. The van der Waals surface area contributed by atoms with Crippen molar-refractivity contribution in [1.29, 1.82) is 0 Å². The van der Waals surface area contributed by atoms with Crippen LogP contribution in [0.25, 0.3) is 0 Å². The van der Waals surface area contributed by atoms with E-state index < -0.39 is 0 Å². The number of aliphatic hydroxyl groups excluding tert-OH is 1. The van der Waals surface area contributed by atoms with Crippen LogP contribution in [-0.4, -0.2) is 34.8 Å². The molecule has 2 N–H and O–H groups in total. The third-order valence-corrected chi connectivity index (χ3v) is 2.38. The van der Waals surface area contributed by atoms with E-state index in [1.165, 1.54) is 0 Å². The lowest BCUT2D eigenvalue weighted by molar-refractivity contribution is 0.154. The maximum atomic E-state index is 9.09. The molecule has 0 fully saturated rings. The Morgan fingerprint density at radius 1 is 1.29 bits per heavy atom. The minimum atomic E-state index is 0.156. The Morgan fingerprint density at radius 3 is 2.36 bits per heavy atom. The van der Waals surface area contributed by atoms with E-state index in [1.807, 2.05) is 26.1 Å². The number of hydrogen-bond donors (Lipinski definition) is 2. The first-order chi connectivity index (χ1) is 6.63. The molecule has 14 heavy (non-hydrogen) atoms. The summed E-state index contributed by atoms with van der Waals surface area (Å²) < 4.78 is 0. The first-order valence-electron chi connectivity index (χ1n) is 4.72. The highest BCUT2D eigenvalue weighted by molar-refractivity contribution is 5.25. The Hall–Kier alpha value is -1.06. The summed E-state index contributed by atoms with van der Waals surface area (Å²) >= 11 is 0. The van der Waals surface area contributed by atoms with E-state index in [4.69, 9.17) is 10.2 Å². The van der Waals surface area contributed by atoms with Crippen molar-refractivity contribution in [2.24, 2.45) is 0 Å². The van der Waals surface area contributed by atoms with Gasteiger partial charge in [-0.2, -0.15) is 0 Å². The van der Waals surface area contributed by atoms with Gasteiger partial charge in [-0.05, 0) is 31.7 Å². The van der Waals surface area contributed by atoms with Gasteiger partial charge in [0.25, 0.3) is 0 Å². The fraction of sp³-hybridized carbons (Fsp3) is 0.455. The number of aliphatic hydroxyl groups is 1. The SMILES string of the molecule is CC(CO)N(C)Cc1ccc(O)cc1. The van der Waals surface area contributed by atoms with E-state index in [1.54, 1.807) is 12.1 Å². The molecule has 0 aliphatic rings. The number of likely N-dealkylation sites (N-methyl/N-ethyl adjacent to an activating group) is 1. The Balaban J connectivity index is 2.56. The number of benzene rings is 1. The third kappa shape index (κ3) is 3.01. The first kappa shape index (κ1) is 11.0. The van der Waals surface area contributed by atoms with Crippen molar-refractivity contribution in [3.05, 3.63) is 29.8 Å². The van der Waals surface area contributed by atoms with Crippen molar-refractivity contribution < 1.29 is 10.2 Å². The fourth-order valence-electron chi connectivity index (χ4n) is 1.18. The second-order valence-corrected chi connectivity index (χ2v) is 3.61. The van der Waals surface area contributed by atoms with Crippen molar-refractivity contribution in [3.63, 3.8) is 0 Å². The van der Waals surface area contributed by atoms with Crippen molar-refractivity contribution in [1.82, 2.24) is 4.90 Å². The molecule has 0 amide bonds. The maximum absolute atomic E-state index is 9.09. The van der Waals surface area contributed by atoms with Crippen LogP contribution in [0, 0.1) is 0 Å². The number of nitrogens with zero attached hydrogens (tertiary/aromatic N) is 1. The smallest absolute Gasteiger partial charge is 0.115 e. The molecule has 1 unspecified atom stereocenters. The molecule has 1 rings (SSSR count). The van der Waals surface area contributed by atoms with Crippen LogP contribution < -0.4 is 0 Å². The molecule has 1 aromatic rings. The number of aromatic hydroxyl groups is 1. The maximum Gasteiger partial charge on any atom is 0.115 e. The summed E-state index contributed by atoms with van der Waals surface area (Å²) in [5.74, 6) is 0.284. The topological polar surface area (TPSA) is 43.7 Å². The Bertz CT molecular complexity index is 271. The van der Waals surface area contributed by atoms with E-state index in [2.05, 4.69) is 4.90 Å². The van der Waals surface area contributed by atoms with Crippen LogP contribution in [0.3, 0.4) is 0 Å². The molecule has 0 spiro atoms. The monoisotopic (exact) mass is 195 g/mol. The number of rotatable bonds is 4. The standard InChI is InChI=1S/C11H17NO2/c1-9(8-13)12(2)7-10-3-5-11(14)6-4-10/h3-6,9,13-14H,7-8H2,1-2H3. The molecule has 1 aromatic carbocycles. The summed E-state index contributed by atoms with van der Waals surface area (Å²) in [5.41, 5.74) is 1.13. The molecule has 0 saturated heterocycles. The molecule has 3 nitrogen and oxygen atoms in total. The van der Waals surface area contributed by atoms with Gasteiger partial charge in [-0.3, -0.25) is 4.90 Å². The van der Waals surface area contributed by atoms with Gasteiger partial charge in [0.2, 0.25) is 0 Å². The second-order valence-electron chi connectivity index (χ2n) is 3.61. The van der Waals surface area contributed by atoms with E-state index in [0.717, 1.165) is 12.1 Å². The van der Waals surface area contributed by atoms with Gasteiger partial charge >= 0.3 is 0 Å². The number of phenols is 1. The lowest BCUT2D eigenvalue weighted by Gasteiger charge is -2.22. The average molecular weight is 195 g/mol. The molecule has 0 saturated carbocycles. The van der Waals surface area contributed by atoms with Crippen molar-refractivity contribution in [2.45, 2.75) is 19.5 Å². The van der Waals surface area contributed by atoms with Crippen molar-refractivity contribution in [3.8, 4) is 5.75 Å². The van der Waals surface area contributed by atoms with E-state index in [-0.39, 0.29) is 18.4 Å². The van der Waals surface area contributed by atoms with Crippen LogP contribution in [0.15, 0.2) is 24.3 Å². The summed E-state index contributed by atoms with van der Waals surface area (Å²) in [4.78, 5) is 2.06. The Labute approximate surface area is 84.6 Å². The Kier molecular flexibility index (Phi) is 3.92. The van der Waals surface area contributed by atoms with E-state index in [0.29, 0.717) is 0 Å². The second kappa shape index (κ2) is 4.98. The van der Waals surface area contributed by atoms with Gasteiger partial charge in [-0.1, -0.05) is 12.1 Å². The predicted octanol–water partition coefficient (Wildman–Crippen LogP) is 1.20. The fourth-order valence-corrected chi connectivity index (χ4v) is 1.18. The van der Waals surface area contributed by atoms with Crippen LogP contribution >= 0.6 is 0 Å². The molecule has 3 heteroatoms. The zero-order valence-electron chi connectivity index (χ0n) is 8.64. The molecule has 0 radical (unpaired) electrons. The summed E-state index contributed by atoms with van der Waals surface area (Å²) in [6.45, 7) is 2.91. The molecule has 78 valence electrons. The third-order valence-electron chi connectivity index (χ3n) is 2.38. The zero-order chi connectivity index (χ0) is 10.6.